The Balaban J connectivity index is 0.000000505. The van der Waals surface area contributed by atoms with E-state index in [2.05, 4.69) is 71.2 Å². The molecular formula is C17H23Cl4FeOS. The summed E-state index contributed by atoms with van der Waals surface area (Å²) in [5.41, 5.74) is 1.30. The summed E-state index contributed by atoms with van der Waals surface area (Å²) in [6.45, 7) is 13.1. The molecule has 0 N–H and O–H groups in total. The first kappa shape index (κ1) is 22.6. The molecule has 1 nitrogen and oxygen atoms in total. The SMILES string of the molecule is CC(C)(C)c1cc(-c2cccs2)cc(C(C)(C)C)[o+]1.[Cl][Fe-]([Cl])([Cl])[Cl]. The van der Waals surface area contributed by atoms with E-state index >= 15 is 0 Å². The molecule has 7 heteroatoms. The van der Waals surface area contributed by atoms with E-state index in [0.717, 1.165) is 11.5 Å². The minimum atomic E-state index is -2.61. The fraction of sp³-hybridized carbons (Fsp3) is 0.471. The van der Waals surface area contributed by atoms with Crippen LogP contribution in [-0.2, 0) is 20.0 Å². The van der Waals surface area contributed by atoms with Gasteiger partial charge in [-0.1, -0.05) is 6.07 Å². The Labute approximate surface area is 168 Å². The molecule has 0 atom stereocenters. The first-order valence-electron chi connectivity index (χ1n) is 7.24. The van der Waals surface area contributed by atoms with Crippen LogP contribution < -0.4 is 0 Å². The normalized spacial score (nSPS) is 13.2. The van der Waals surface area contributed by atoms with Crippen LogP contribution in [-0.4, -0.2) is 0 Å². The van der Waals surface area contributed by atoms with Gasteiger partial charge in [0, 0.05) is 22.6 Å². The summed E-state index contributed by atoms with van der Waals surface area (Å²) in [6, 6.07) is 8.62. The number of thiophene rings is 1. The van der Waals surface area contributed by atoms with Gasteiger partial charge in [-0.25, -0.2) is 4.42 Å². The molecule has 0 radical (unpaired) electrons. The van der Waals surface area contributed by atoms with Crippen LogP contribution in [0.3, 0.4) is 0 Å². The van der Waals surface area contributed by atoms with Crippen molar-refractivity contribution in [1.82, 2.24) is 0 Å². The number of halogens is 4. The zero-order chi connectivity index (χ0) is 18.8. The van der Waals surface area contributed by atoms with Crippen molar-refractivity contribution in [2.24, 2.45) is 0 Å². The van der Waals surface area contributed by atoms with Crippen molar-refractivity contribution in [3.8, 4) is 10.4 Å². The number of rotatable bonds is 1. The van der Waals surface area contributed by atoms with Crippen LogP contribution in [0.1, 0.15) is 53.1 Å². The van der Waals surface area contributed by atoms with Gasteiger partial charge >= 0.3 is 61.1 Å². The molecule has 0 unspecified atom stereocenters. The Morgan fingerprint density at radius 2 is 1.29 bits per heavy atom. The molecule has 0 aromatic carbocycles. The van der Waals surface area contributed by atoms with Crippen molar-refractivity contribution in [1.29, 1.82) is 0 Å². The first-order valence-corrected chi connectivity index (χ1v) is 14.2. The summed E-state index contributed by atoms with van der Waals surface area (Å²) in [7, 11) is 17.2. The van der Waals surface area contributed by atoms with Gasteiger partial charge in [0.15, 0.2) is 0 Å². The quantitative estimate of drug-likeness (QED) is 0.298. The van der Waals surface area contributed by atoms with Gasteiger partial charge in [-0.05, 0) is 53.0 Å². The Kier molecular flexibility index (Phi) is 7.97. The third-order valence-corrected chi connectivity index (χ3v) is 4.00. The van der Waals surface area contributed by atoms with E-state index in [1.807, 2.05) is 0 Å². The fourth-order valence-corrected chi connectivity index (χ4v) is 2.54. The maximum atomic E-state index is 6.15. The van der Waals surface area contributed by atoms with Gasteiger partial charge in [0.1, 0.15) is 0 Å². The number of hydrogen-bond donors (Lipinski definition) is 0. The van der Waals surface area contributed by atoms with Crippen LogP contribution in [0.15, 0.2) is 34.1 Å². The molecule has 2 aromatic rings. The zero-order valence-corrected chi connectivity index (χ0v) is 19.5. The standard InChI is InChI=1S/C17H23OS.4ClH.Fe/c1-16(2,3)14-10-12(13-8-7-9-19-13)11-15(18-14)17(4,5)6;;;;;/h7-11H,1-6H3;4*1H;/q+1;;;;;+3/p-4. The monoisotopic (exact) mass is 471 g/mol. The molecule has 2 aromatic heterocycles. The average molecular weight is 473 g/mol. The van der Waals surface area contributed by atoms with Crippen molar-refractivity contribution in [3.63, 3.8) is 0 Å². The van der Waals surface area contributed by atoms with Crippen LogP contribution in [0.25, 0.3) is 10.4 Å². The Morgan fingerprint density at radius 3 is 1.58 bits per heavy atom. The van der Waals surface area contributed by atoms with Crippen LogP contribution in [0.4, 0.5) is 0 Å². The summed E-state index contributed by atoms with van der Waals surface area (Å²) in [4.78, 5) is 1.30. The van der Waals surface area contributed by atoms with Crippen LogP contribution in [0.2, 0.25) is 0 Å². The summed E-state index contributed by atoms with van der Waals surface area (Å²) in [5.74, 6) is 2.09. The van der Waals surface area contributed by atoms with E-state index in [9.17, 15) is 0 Å². The molecular weight excluding hydrogens is 450 g/mol. The Morgan fingerprint density at radius 1 is 0.875 bits per heavy atom. The predicted molar refractivity (Wildman–Crippen MR) is 107 cm³/mol. The first-order chi connectivity index (χ1) is 10.7. The molecule has 24 heavy (non-hydrogen) atoms. The van der Waals surface area contributed by atoms with Gasteiger partial charge in [-0.15, -0.1) is 11.3 Å². The molecule has 139 valence electrons. The van der Waals surface area contributed by atoms with E-state index in [-0.39, 0.29) is 10.8 Å². The van der Waals surface area contributed by atoms with Crippen molar-refractivity contribution < 1.29 is 13.6 Å². The molecule has 0 fully saturated rings. The Bertz CT molecular complexity index is 614. The van der Waals surface area contributed by atoms with Crippen LogP contribution >= 0.6 is 51.7 Å². The fourth-order valence-electron chi connectivity index (χ4n) is 1.83. The second-order valence-electron chi connectivity index (χ2n) is 7.35. The van der Waals surface area contributed by atoms with Gasteiger partial charge in [0.25, 0.3) is 0 Å². The van der Waals surface area contributed by atoms with E-state index in [1.165, 1.54) is 10.4 Å². The molecule has 0 spiro atoms. The van der Waals surface area contributed by atoms with E-state index in [1.54, 1.807) is 11.3 Å². The Hall–Kier alpha value is 0.529. The van der Waals surface area contributed by atoms with Crippen molar-refractivity contribution in [3.05, 3.63) is 41.2 Å². The molecule has 0 saturated heterocycles. The van der Waals surface area contributed by atoms with Gasteiger partial charge in [0.05, 0.1) is 10.8 Å². The molecule has 0 bridgehead atoms. The van der Waals surface area contributed by atoms with E-state index in [4.69, 9.17) is 44.8 Å². The molecule has 2 heterocycles. The molecule has 0 aliphatic carbocycles. The van der Waals surface area contributed by atoms with Gasteiger partial charge in [-0.3, -0.25) is 0 Å². The summed E-state index contributed by atoms with van der Waals surface area (Å²) < 4.78 is 6.15. The van der Waals surface area contributed by atoms with E-state index < -0.39 is 9.20 Å². The second kappa shape index (κ2) is 8.48. The predicted octanol–water partition coefficient (Wildman–Crippen LogP) is 8.64. The summed E-state index contributed by atoms with van der Waals surface area (Å²) in [5, 5.41) is 2.12. The summed E-state index contributed by atoms with van der Waals surface area (Å²) >= 11 is 1.77. The molecule has 0 saturated carbocycles. The average Bonchev–Trinajstić information content (AvgIpc) is 2.87. The van der Waals surface area contributed by atoms with Crippen molar-refractivity contribution in [2.75, 3.05) is 0 Å². The molecule has 2 rings (SSSR count). The summed E-state index contributed by atoms with van der Waals surface area (Å²) in [6.07, 6.45) is 0. The van der Waals surface area contributed by atoms with Gasteiger partial charge < -0.3 is 0 Å². The van der Waals surface area contributed by atoms with Crippen molar-refractivity contribution in [2.45, 2.75) is 52.4 Å². The van der Waals surface area contributed by atoms with Crippen molar-refractivity contribution >= 4 is 51.7 Å². The number of hydrogen-bond acceptors (Lipinski definition) is 1. The third-order valence-electron chi connectivity index (χ3n) is 3.08. The molecule has 0 amide bonds. The van der Waals surface area contributed by atoms with Crippen LogP contribution in [0.5, 0.6) is 0 Å². The maximum absolute atomic E-state index is 6.15. The van der Waals surface area contributed by atoms with E-state index in [0.29, 0.717) is 0 Å². The zero-order valence-electron chi connectivity index (χ0n) is 14.6. The molecule has 0 aliphatic rings. The third kappa shape index (κ3) is 8.27. The van der Waals surface area contributed by atoms with Gasteiger partial charge in [-0.2, -0.15) is 0 Å². The second-order valence-corrected chi connectivity index (χ2v) is 19.2. The topological polar surface area (TPSA) is 11.3 Å². The van der Waals surface area contributed by atoms with Gasteiger partial charge in [0.2, 0.25) is 0 Å². The minimum absolute atomic E-state index is 0.0211. The molecule has 0 aliphatic heterocycles. The van der Waals surface area contributed by atoms with Crippen LogP contribution in [0, 0.1) is 0 Å².